The van der Waals surface area contributed by atoms with Gasteiger partial charge in [0.25, 0.3) is 0 Å². The minimum absolute atomic E-state index is 0. The van der Waals surface area contributed by atoms with Gasteiger partial charge in [-0.25, -0.2) is 0 Å². The van der Waals surface area contributed by atoms with Gasteiger partial charge in [0.1, 0.15) is 0 Å². The zero-order valence-corrected chi connectivity index (χ0v) is 8.55. The molecule has 0 aliphatic heterocycles. The van der Waals surface area contributed by atoms with Crippen LogP contribution in [-0.2, 0) is 4.79 Å². The van der Waals surface area contributed by atoms with Gasteiger partial charge in [-0.3, -0.25) is 4.79 Å². The Hall–Kier alpha value is 0.00247. The van der Waals surface area contributed by atoms with E-state index in [1.54, 1.807) is 13.8 Å². The Labute approximate surface area is 91.9 Å². The number of carbonyl (C=O) groups is 1. The van der Waals surface area contributed by atoms with Crippen molar-refractivity contribution < 1.29 is 9.90 Å². The summed E-state index contributed by atoms with van der Waals surface area (Å²) in [7, 11) is 0. The molecule has 0 aromatic heterocycles. The molecule has 13 heavy (non-hydrogen) atoms. The third kappa shape index (κ3) is 4.69. The molecule has 3 heteroatoms. The molecule has 0 aromatic rings. The van der Waals surface area contributed by atoms with Crippen molar-refractivity contribution >= 4 is 23.3 Å². The second-order valence-electron chi connectivity index (χ2n) is 4.07. The van der Waals surface area contributed by atoms with Crippen LogP contribution in [0.1, 0.15) is 47.0 Å². The second kappa shape index (κ2) is 6.46. The fourth-order valence-electron chi connectivity index (χ4n) is 1.08. The van der Waals surface area contributed by atoms with Gasteiger partial charge in [-0.15, -0.1) is 0 Å². The molecule has 1 atom stereocenters. The molecule has 0 saturated heterocycles. The Morgan fingerprint density at radius 3 is 2.23 bits per heavy atom. The van der Waals surface area contributed by atoms with Gasteiger partial charge in [0.2, 0.25) is 0 Å². The molecule has 1 N–H and O–H groups in total. The van der Waals surface area contributed by atoms with Gasteiger partial charge in [-0.1, -0.05) is 26.7 Å². The minimum atomic E-state index is -0.689. The fraction of sp³-hybridized carbons (Fsp3) is 0.900. The van der Waals surface area contributed by atoms with Crippen LogP contribution in [0, 0.1) is 11.3 Å². The molecule has 0 radical (unpaired) electrons. The molecule has 0 aliphatic carbocycles. The van der Waals surface area contributed by atoms with Crippen LogP contribution in [0.15, 0.2) is 0 Å². The number of hydrogen-bond acceptors (Lipinski definition) is 1. The van der Waals surface area contributed by atoms with Gasteiger partial charge in [-0.05, 0) is 26.2 Å². The van der Waals surface area contributed by atoms with E-state index in [2.05, 4.69) is 6.92 Å². The molecule has 2 nitrogen and oxygen atoms in total. The molecular weight excluding hydrogens is 179 g/mol. The zero-order chi connectivity index (χ0) is 9.78. The lowest BCUT2D eigenvalue weighted by Gasteiger charge is -2.26. The van der Waals surface area contributed by atoms with Crippen LogP contribution >= 0.6 is 0 Å². The molecule has 0 heterocycles. The molecule has 0 bridgehead atoms. The quantitative estimate of drug-likeness (QED) is 0.689. The Kier molecular flexibility index (Phi) is 7.68. The van der Waals surface area contributed by atoms with Gasteiger partial charge in [0, 0.05) is 0 Å². The van der Waals surface area contributed by atoms with Crippen molar-refractivity contribution in [2.45, 2.75) is 47.0 Å². The number of hydrogen-bond donors (Lipinski definition) is 1. The largest absolute Gasteiger partial charge is 0.481 e. The number of carboxylic acid groups (broad SMARTS) is 1. The second-order valence-corrected chi connectivity index (χ2v) is 4.07. The van der Waals surface area contributed by atoms with Gasteiger partial charge in [-0.2, -0.15) is 0 Å². The van der Waals surface area contributed by atoms with Crippen molar-refractivity contribution in [1.29, 1.82) is 0 Å². The maximum atomic E-state index is 10.8. The van der Waals surface area contributed by atoms with E-state index in [9.17, 15) is 4.79 Å². The average molecular weight is 202 g/mol. The van der Waals surface area contributed by atoms with Crippen LogP contribution in [0.2, 0.25) is 0 Å². The molecule has 0 amide bonds. The Bertz CT molecular complexity index is 155. The predicted octanol–water partition coefficient (Wildman–Crippen LogP) is 1.74. The fourth-order valence-corrected chi connectivity index (χ4v) is 1.08. The topological polar surface area (TPSA) is 37.3 Å². The van der Waals surface area contributed by atoms with Gasteiger partial charge < -0.3 is 5.11 Å². The van der Waals surface area contributed by atoms with E-state index in [1.807, 2.05) is 6.92 Å². The highest BCUT2D eigenvalue weighted by atomic mass is 27.0. The molecule has 0 aliphatic rings. The van der Waals surface area contributed by atoms with Crippen LogP contribution < -0.4 is 0 Å². The normalized spacial score (nSPS) is 13.2. The van der Waals surface area contributed by atoms with E-state index in [4.69, 9.17) is 5.11 Å². The molecule has 0 fully saturated rings. The van der Waals surface area contributed by atoms with E-state index in [-0.39, 0.29) is 23.3 Å². The molecule has 0 spiro atoms. The van der Waals surface area contributed by atoms with Crippen molar-refractivity contribution in [1.82, 2.24) is 0 Å². The van der Waals surface area contributed by atoms with Crippen LogP contribution in [0.3, 0.4) is 0 Å². The van der Waals surface area contributed by atoms with E-state index >= 15 is 0 Å². The Balaban J connectivity index is 0. The van der Waals surface area contributed by atoms with Gasteiger partial charge in [0.05, 0.1) is 5.41 Å². The number of rotatable bonds is 5. The van der Waals surface area contributed by atoms with E-state index in [1.165, 1.54) is 0 Å². The summed E-state index contributed by atoms with van der Waals surface area (Å²) in [5.74, 6) is -0.430. The zero-order valence-electron chi connectivity index (χ0n) is 8.55. The first-order valence-corrected chi connectivity index (χ1v) is 4.66. The predicted molar refractivity (Wildman–Crippen MR) is 60.0 cm³/mol. The van der Waals surface area contributed by atoms with Crippen LogP contribution in [0.25, 0.3) is 0 Å². The van der Waals surface area contributed by atoms with E-state index < -0.39 is 11.4 Å². The van der Waals surface area contributed by atoms with Crippen LogP contribution in [-0.4, -0.2) is 28.4 Å². The lowest BCUT2D eigenvalue weighted by molar-refractivity contribution is -0.149. The first kappa shape index (κ1) is 15.5. The standard InChI is InChI=1S/C10H20O2.Al.3H/c1-5-6-7-8(2)10(3,4)9(11)12;;;;/h8H,5-7H2,1-4H3,(H,11,12);;;;. The summed E-state index contributed by atoms with van der Waals surface area (Å²) in [4.78, 5) is 10.8. The van der Waals surface area contributed by atoms with Gasteiger partial charge in [0.15, 0.2) is 17.4 Å². The highest BCUT2D eigenvalue weighted by molar-refractivity contribution is 5.75. The highest BCUT2D eigenvalue weighted by Crippen LogP contribution is 2.30. The first-order chi connectivity index (χ1) is 5.42. The average Bonchev–Trinajstić information content (AvgIpc) is 1.99. The Morgan fingerprint density at radius 1 is 1.46 bits per heavy atom. The number of aliphatic carboxylic acids is 1. The third-order valence-corrected chi connectivity index (χ3v) is 2.77. The summed E-state index contributed by atoms with van der Waals surface area (Å²) in [5, 5.41) is 8.91. The lowest BCUT2D eigenvalue weighted by atomic mass is 9.77. The number of unbranched alkanes of at least 4 members (excludes halogenated alkanes) is 1. The van der Waals surface area contributed by atoms with Crippen molar-refractivity contribution in [3.8, 4) is 0 Å². The maximum absolute atomic E-state index is 10.8. The van der Waals surface area contributed by atoms with E-state index in [0.717, 1.165) is 19.3 Å². The highest BCUT2D eigenvalue weighted by Gasteiger charge is 2.32. The summed E-state index contributed by atoms with van der Waals surface area (Å²) in [5.41, 5.74) is -0.574. The van der Waals surface area contributed by atoms with Crippen molar-refractivity contribution in [3.05, 3.63) is 0 Å². The van der Waals surface area contributed by atoms with Crippen LogP contribution in [0.4, 0.5) is 0 Å². The summed E-state index contributed by atoms with van der Waals surface area (Å²) in [6.45, 7) is 7.75. The molecule has 78 valence electrons. The molecule has 1 unspecified atom stereocenters. The summed E-state index contributed by atoms with van der Waals surface area (Å²) < 4.78 is 0. The molecular formula is C10H23AlO2. The molecule has 0 aromatic carbocycles. The van der Waals surface area contributed by atoms with Crippen molar-refractivity contribution in [3.63, 3.8) is 0 Å². The summed E-state index contributed by atoms with van der Waals surface area (Å²) in [6, 6.07) is 0. The molecule has 0 saturated carbocycles. The maximum Gasteiger partial charge on any atom is 0.309 e. The third-order valence-electron chi connectivity index (χ3n) is 2.77. The van der Waals surface area contributed by atoms with Gasteiger partial charge >= 0.3 is 5.97 Å². The SMILES string of the molecule is CCCCC(C)C(C)(C)C(=O)O.[AlH3]. The lowest BCUT2D eigenvalue weighted by Crippen LogP contribution is -2.31. The van der Waals surface area contributed by atoms with Crippen molar-refractivity contribution in [2.75, 3.05) is 0 Å². The molecule has 0 rings (SSSR count). The number of carboxylic acids is 1. The smallest absolute Gasteiger partial charge is 0.309 e. The first-order valence-electron chi connectivity index (χ1n) is 4.66. The summed E-state index contributed by atoms with van der Waals surface area (Å²) >= 11 is 0. The van der Waals surface area contributed by atoms with Crippen molar-refractivity contribution in [2.24, 2.45) is 11.3 Å². The van der Waals surface area contributed by atoms with E-state index in [0.29, 0.717) is 0 Å². The van der Waals surface area contributed by atoms with Crippen LogP contribution in [0.5, 0.6) is 0 Å². The summed E-state index contributed by atoms with van der Waals surface area (Å²) in [6.07, 6.45) is 3.27. The Morgan fingerprint density at radius 2 is 1.92 bits per heavy atom. The minimum Gasteiger partial charge on any atom is -0.481 e. The monoisotopic (exact) mass is 202 g/mol.